The SMILES string of the molecule is Cc1ccc(/C=C/C(=O)N(Cc2ccccc2)C2CC2)o1. The van der Waals surface area contributed by atoms with E-state index in [1.54, 1.807) is 12.2 Å². The van der Waals surface area contributed by atoms with Crippen molar-refractivity contribution in [2.24, 2.45) is 0 Å². The normalized spacial score (nSPS) is 14.5. The summed E-state index contributed by atoms with van der Waals surface area (Å²) in [4.78, 5) is 14.4. The minimum absolute atomic E-state index is 0.0513. The molecule has 2 aromatic rings. The number of aryl methyl sites for hydroxylation is 1. The summed E-state index contributed by atoms with van der Waals surface area (Å²) in [5.41, 5.74) is 1.17. The van der Waals surface area contributed by atoms with Gasteiger partial charge in [-0.05, 0) is 43.5 Å². The summed E-state index contributed by atoms with van der Waals surface area (Å²) in [6.07, 6.45) is 5.56. The predicted octanol–water partition coefficient (Wildman–Crippen LogP) is 3.79. The van der Waals surface area contributed by atoms with E-state index in [-0.39, 0.29) is 5.91 Å². The van der Waals surface area contributed by atoms with E-state index in [1.807, 2.05) is 42.2 Å². The quantitative estimate of drug-likeness (QED) is 0.781. The van der Waals surface area contributed by atoms with Crippen LogP contribution in [0.5, 0.6) is 0 Å². The first-order valence-corrected chi connectivity index (χ1v) is 7.31. The van der Waals surface area contributed by atoms with E-state index in [4.69, 9.17) is 4.42 Å². The molecule has 1 amide bonds. The van der Waals surface area contributed by atoms with Gasteiger partial charge in [-0.3, -0.25) is 4.79 Å². The Bertz CT molecular complexity index is 638. The average Bonchev–Trinajstić information content (AvgIpc) is 3.25. The molecule has 1 saturated carbocycles. The lowest BCUT2D eigenvalue weighted by molar-refractivity contribution is -0.127. The molecular formula is C18H19NO2. The lowest BCUT2D eigenvalue weighted by Crippen LogP contribution is -2.31. The Morgan fingerprint density at radius 2 is 2.00 bits per heavy atom. The maximum Gasteiger partial charge on any atom is 0.247 e. The van der Waals surface area contributed by atoms with Crippen LogP contribution in [0.3, 0.4) is 0 Å². The van der Waals surface area contributed by atoms with Crippen molar-refractivity contribution in [3.8, 4) is 0 Å². The van der Waals surface area contributed by atoms with Crippen LogP contribution in [0.1, 0.15) is 29.9 Å². The van der Waals surface area contributed by atoms with Gasteiger partial charge in [0.25, 0.3) is 0 Å². The molecule has 0 radical (unpaired) electrons. The fraction of sp³-hybridized carbons (Fsp3) is 0.278. The predicted molar refractivity (Wildman–Crippen MR) is 82.5 cm³/mol. The van der Waals surface area contributed by atoms with Crippen molar-refractivity contribution in [2.45, 2.75) is 32.4 Å². The molecule has 0 saturated heterocycles. The number of benzene rings is 1. The molecule has 1 aliphatic carbocycles. The van der Waals surface area contributed by atoms with Crippen LogP contribution in [0.2, 0.25) is 0 Å². The van der Waals surface area contributed by atoms with Crippen LogP contribution in [-0.4, -0.2) is 16.8 Å². The van der Waals surface area contributed by atoms with Crippen molar-refractivity contribution in [2.75, 3.05) is 0 Å². The maximum atomic E-state index is 12.4. The number of nitrogens with zero attached hydrogens (tertiary/aromatic N) is 1. The van der Waals surface area contributed by atoms with Crippen LogP contribution in [0.4, 0.5) is 0 Å². The largest absolute Gasteiger partial charge is 0.462 e. The van der Waals surface area contributed by atoms with E-state index in [0.29, 0.717) is 12.6 Å². The fourth-order valence-electron chi connectivity index (χ4n) is 2.35. The van der Waals surface area contributed by atoms with E-state index in [0.717, 1.165) is 24.4 Å². The Morgan fingerprint density at radius 1 is 1.24 bits per heavy atom. The van der Waals surface area contributed by atoms with Gasteiger partial charge in [-0.15, -0.1) is 0 Å². The lowest BCUT2D eigenvalue weighted by atomic mass is 10.2. The van der Waals surface area contributed by atoms with E-state index < -0.39 is 0 Å². The summed E-state index contributed by atoms with van der Waals surface area (Å²) in [5, 5.41) is 0. The Kier molecular flexibility index (Phi) is 3.91. The zero-order valence-electron chi connectivity index (χ0n) is 12.2. The van der Waals surface area contributed by atoms with Crippen molar-refractivity contribution in [3.63, 3.8) is 0 Å². The van der Waals surface area contributed by atoms with Gasteiger partial charge in [0.15, 0.2) is 0 Å². The first kappa shape index (κ1) is 13.7. The molecule has 3 heteroatoms. The standard InChI is InChI=1S/C18H19NO2/c1-14-7-10-17(21-14)11-12-18(20)19(16-8-9-16)13-15-5-3-2-4-6-15/h2-7,10-12,16H,8-9,13H2,1H3/b12-11+. The second kappa shape index (κ2) is 6.00. The molecule has 0 aliphatic heterocycles. The van der Waals surface area contributed by atoms with Crippen LogP contribution < -0.4 is 0 Å². The average molecular weight is 281 g/mol. The number of hydrogen-bond acceptors (Lipinski definition) is 2. The Balaban J connectivity index is 1.69. The monoisotopic (exact) mass is 281 g/mol. The molecule has 0 atom stereocenters. The molecule has 0 N–H and O–H groups in total. The third-order valence-electron chi connectivity index (χ3n) is 3.62. The van der Waals surface area contributed by atoms with Crippen LogP contribution in [-0.2, 0) is 11.3 Å². The van der Waals surface area contributed by atoms with E-state index in [2.05, 4.69) is 12.1 Å². The smallest absolute Gasteiger partial charge is 0.247 e. The van der Waals surface area contributed by atoms with Gasteiger partial charge in [0.2, 0.25) is 5.91 Å². The zero-order valence-corrected chi connectivity index (χ0v) is 12.2. The minimum atomic E-state index is 0.0513. The molecule has 1 fully saturated rings. The summed E-state index contributed by atoms with van der Waals surface area (Å²) in [6.45, 7) is 2.57. The van der Waals surface area contributed by atoms with E-state index >= 15 is 0 Å². The molecule has 3 rings (SSSR count). The van der Waals surface area contributed by atoms with E-state index in [1.165, 1.54) is 5.56 Å². The molecular weight excluding hydrogens is 262 g/mol. The Hall–Kier alpha value is -2.29. The highest BCUT2D eigenvalue weighted by Gasteiger charge is 2.31. The van der Waals surface area contributed by atoms with Crippen molar-refractivity contribution in [3.05, 3.63) is 65.6 Å². The summed E-state index contributed by atoms with van der Waals surface area (Å²) in [5.74, 6) is 1.62. The number of amides is 1. The van der Waals surface area contributed by atoms with Crippen molar-refractivity contribution >= 4 is 12.0 Å². The van der Waals surface area contributed by atoms with Gasteiger partial charge in [-0.1, -0.05) is 30.3 Å². The van der Waals surface area contributed by atoms with Gasteiger partial charge in [-0.2, -0.15) is 0 Å². The molecule has 1 aromatic carbocycles. The van der Waals surface area contributed by atoms with E-state index in [9.17, 15) is 4.79 Å². The van der Waals surface area contributed by atoms with Gasteiger partial charge in [0, 0.05) is 18.7 Å². The van der Waals surface area contributed by atoms with Crippen LogP contribution >= 0.6 is 0 Å². The molecule has 3 nitrogen and oxygen atoms in total. The number of carbonyl (C=O) groups excluding carboxylic acids is 1. The third kappa shape index (κ3) is 3.63. The van der Waals surface area contributed by atoms with Crippen LogP contribution in [0, 0.1) is 6.92 Å². The molecule has 1 aromatic heterocycles. The first-order chi connectivity index (χ1) is 10.2. The molecule has 0 spiro atoms. The number of rotatable bonds is 5. The summed E-state index contributed by atoms with van der Waals surface area (Å²) < 4.78 is 5.45. The molecule has 0 bridgehead atoms. The van der Waals surface area contributed by atoms with Gasteiger partial charge >= 0.3 is 0 Å². The second-order valence-corrected chi connectivity index (χ2v) is 5.46. The summed E-state index contributed by atoms with van der Waals surface area (Å²) in [7, 11) is 0. The maximum absolute atomic E-state index is 12.4. The Labute approximate surface area is 124 Å². The molecule has 0 unspecified atom stereocenters. The molecule has 108 valence electrons. The van der Waals surface area contributed by atoms with Gasteiger partial charge in [0.1, 0.15) is 11.5 Å². The number of hydrogen-bond donors (Lipinski definition) is 0. The minimum Gasteiger partial charge on any atom is -0.462 e. The summed E-state index contributed by atoms with van der Waals surface area (Å²) >= 11 is 0. The highest BCUT2D eigenvalue weighted by molar-refractivity contribution is 5.91. The molecule has 21 heavy (non-hydrogen) atoms. The van der Waals surface area contributed by atoms with Crippen molar-refractivity contribution in [1.82, 2.24) is 4.90 Å². The highest BCUT2D eigenvalue weighted by atomic mass is 16.3. The second-order valence-electron chi connectivity index (χ2n) is 5.46. The molecule has 1 aliphatic rings. The van der Waals surface area contributed by atoms with Gasteiger partial charge in [0.05, 0.1) is 0 Å². The topological polar surface area (TPSA) is 33.5 Å². The zero-order chi connectivity index (χ0) is 14.7. The first-order valence-electron chi connectivity index (χ1n) is 7.31. The van der Waals surface area contributed by atoms with Crippen LogP contribution in [0.15, 0.2) is 53.0 Å². The molecule has 1 heterocycles. The Morgan fingerprint density at radius 3 is 2.62 bits per heavy atom. The third-order valence-corrected chi connectivity index (χ3v) is 3.62. The highest BCUT2D eigenvalue weighted by Crippen LogP contribution is 2.28. The fourth-order valence-corrected chi connectivity index (χ4v) is 2.35. The van der Waals surface area contributed by atoms with Crippen molar-refractivity contribution in [1.29, 1.82) is 0 Å². The van der Waals surface area contributed by atoms with Gasteiger partial charge in [-0.25, -0.2) is 0 Å². The number of furan rings is 1. The number of carbonyl (C=O) groups is 1. The van der Waals surface area contributed by atoms with Crippen molar-refractivity contribution < 1.29 is 9.21 Å². The summed E-state index contributed by atoms with van der Waals surface area (Å²) in [6, 6.07) is 14.3. The van der Waals surface area contributed by atoms with Crippen LogP contribution in [0.25, 0.3) is 6.08 Å². The van der Waals surface area contributed by atoms with Gasteiger partial charge < -0.3 is 9.32 Å². The lowest BCUT2D eigenvalue weighted by Gasteiger charge is -2.20.